The summed E-state index contributed by atoms with van der Waals surface area (Å²) in [5, 5.41) is 2.65. The van der Waals surface area contributed by atoms with Crippen molar-refractivity contribution in [1.82, 2.24) is 10.2 Å². The van der Waals surface area contributed by atoms with Crippen LogP contribution in [0.3, 0.4) is 0 Å². The van der Waals surface area contributed by atoms with Crippen molar-refractivity contribution in [3.8, 4) is 0 Å². The number of benzene rings is 2. The third kappa shape index (κ3) is 3.20. The smallest absolute Gasteiger partial charge is 0.331 e. The molecular formula is C19H18N2O3. The van der Waals surface area contributed by atoms with Gasteiger partial charge in [0, 0.05) is 6.54 Å². The summed E-state index contributed by atoms with van der Waals surface area (Å²) in [5.74, 6) is -1.12. The van der Waals surface area contributed by atoms with Crippen LogP contribution in [0.2, 0.25) is 0 Å². The minimum Gasteiger partial charge on any atom is -0.337 e. The second-order valence-corrected chi connectivity index (χ2v) is 5.67. The summed E-state index contributed by atoms with van der Waals surface area (Å²) in [4.78, 5) is 37.2. The minimum absolute atomic E-state index is 0.279. The Kier molecular flexibility index (Phi) is 4.70. The monoisotopic (exact) mass is 322 g/mol. The molecule has 0 aliphatic carbocycles. The van der Waals surface area contributed by atoms with Crippen molar-refractivity contribution in [2.45, 2.75) is 19.3 Å². The molecular weight excluding hydrogens is 304 g/mol. The minimum atomic E-state index is -0.652. The van der Waals surface area contributed by atoms with E-state index in [1.54, 1.807) is 24.3 Å². The van der Waals surface area contributed by atoms with Crippen LogP contribution in [-0.4, -0.2) is 29.3 Å². The van der Waals surface area contributed by atoms with Crippen molar-refractivity contribution in [1.29, 1.82) is 0 Å². The lowest BCUT2D eigenvalue weighted by atomic mass is 10.1. The largest absolute Gasteiger partial charge is 0.337 e. The number of hydrogen-bond donors (Lipinski definition) is 1. The number of carbonyl (C=O) groups excluding carboxylic acids is 3. The SMILES string of the molecule is O=C(NCCCCc1ccccc1)N1C(=O)c2ccccc2C1=O. The number of nitrogens with one attached hydrogen (secondary N) is 1. The summed E-state index contributed by atoms with van der Waals surface area (Å²) in [7, 11) is 0. The van der Waals surface area contributed by atoms with Crippen molar-refractivity contribution in [2.24, 2.45) is 0 Å². The van der Waals surface area contributed by atoms with E-state index in [-0.39, 0.29) is 11.1 Å². The lowest BCUT2D eigenvalue weighted by Crippen LogP contribution is -2.43. The number of hydrogen-bond acceptors (Lipinski definition) is 3. The first-order chi connectivity index (χ1) is 11.7. The summed E-state index contributed by atoms with van der Waals surface area (Å²) >= 11 is 0. The normalized spacial score (nSPS) is 13.1. The van der Waals surface area contributed by atoms with Gasteiger partial charge in [0.25, 0.3) is 11.8 Å². The molecule has 1 aliphatic heterocycles. The predicted octanol–water partition coefficient (Wildman–Crippen LogP) is 3.02. The first-order valence-electron chi connectivity index (χ1n) is 7.98. The van der Waals surface area contributed by atoms with Crippen LogP contribution in [0.4, 0.5) is 4.79 Å². The predicted molar refractivity (Wildman–Crippen MR) is 89.7 cm³/mol. The van der Waals surface area contributed by atoms with Gasteiger partial charge in [0.15, 0.2) is 0 Å². The molecule has 3 rings (SSSR count). The lowest BCUT2D eigenvalue weighted by Gasteiger charge is -2.13. The fourth-order valence-electron chi connectivity index (χ4n) is 2.75. The average Bonchev–Trinajstić information content (AvgIpc) is 2.87. The summed E-state index contributed by atoms with van der Waals surface area (Å²) in [5.41, 5.74) is 1.81. The molecule has 0 atom stereocenters. The van der Waals surface area contributed by atoms with Gasteiger partial charge in [-0.2, -0.15) is 4.90 Å². The average molecular weight is 322 g/mol. The van der Waals surface area contributed by atoms with Gasteiger partial charge in [0.2, 0.25) is 0 Å². The van der Waals surface area contributed by atoms with Crippen LogP contribution in [0.25, 0.3) is 0 Å². The molecule has 4 amide bonds. The van der Waals surface area contributed by atoms with Crippen molar-refractivity contribution >= 4 is 17.8 Å². The third-order valence-electron chi connectivity index (χ3n) is 4.01. The Morgan fingerprint density at radius 1 is 0.833 bits per heavy atom. The number of amides is 4. The number of fused-ring (bicyclic) bond motifs is 1. The molecule has 1 N–H and O–H groups in total. The van der Waals surface area contributed by atoms with Gasteiger partial charge >= 0.3 is 6.03 Å². The van der Waals surface area contributed by atoms with Gasteiger partial charge < -0.3 is 5.32 Å². The molecule has 1 heterocycles. The van der Waals surface area contributed by atoms with E-state index in [4.69, 9.17) is 0 Å². The van der Waals surface area contributed by atoms with Gasteiger partial charge in [0.1, 0.15) is 0 Å². The molecule has 5 heteroatoms. The Labute approximate surface area is 140 Å². The van der Waals surface area contributed by atoms with E-state index in [2.05, 4.69) is 17.4 Å². The number of carbonyl (C=O) groups is 3. The third-order valence-corrected chi connectivity index (χ3v) is 4.01. The van der Waals surface area contributed by atoms with Crippen molar-refractivity contribution in [3.05, 3.63) is 71.3 Å². The number of urea groups is 1. The first-order valence-corrected chi connectivity index (χ1v) is 7.98. The molecule has 0 saturated heterocycles. The topological polar surface area (TPSA) is 66.5 Å². The molecule has 0 bridgehead atoms. The zero-order valence-electron chi connectivity index (χ0n) is 13.2. The highest BCUT2D eigenvalue weighted by atomic mass is 16.2. The quantitative estimate of drug-likeness (QED) is 0.680. The van der Waals surface area contributed by atoms with Gasteiger partial charge in [-0.3, -0.25) is 9.59 Å². The van der Waals surface area contributed by atoms with Gasteiger partial charge in [-0.25, -0.2) is 4.79 Å². The summed E-state index contributed by atoms with van der Waals surface area (Å²) in [6, 6.07) is 15.9. The fraction of sp³-hybridized carbons (Fsp3) is 0.211. The van der Waals surface area contributed by atoms with Crippen LogP contribution in [0, 0.1) is 0 Å². The Balaban J connectivity index is 1.48. The van der Waals surface area contributed by atoms with Crippen molar-refractivity contribution < 1.29 is 14.4 Å². The molecule has 0 aromatic heterocycles. The van der Waals surface area contributed by atoms with Crippen molar-refractivity contribution in [2.75, 3.05) is 6.54 Å². The lowest BCUT2D eigenvalue weighted by molar-refractivity contribution is 0.0703. The highest BCUT2D eigenvalue weighted by molar-refractivity contribution is 6.28. The van der Waals surface area contributed by atoms with E-state index in [9.17, 15) is 14.4 Å². The van der Waals surface area contributed by atoms with Gasteiger partial charge in [-0.05, 0) is 37.0 Å². The number of imide groups is 3. The highest BCUT2D eigenvalue weighted by Gasteiger charge is 2.39. The summed E-state index contributed by atoms with van der Waals surface area (Å²) < 4.78 is 0. The molecule has 0 unspecified atom stereocenters. The molecule has 24 heavy (non-hydrogen) atoms. The Morgan fingerprint density at radius 3 is 2.04 bits per heavy atom. The van der Waals surface area contributed by atoms with E-state index in [1.807, 2.05) is 18.2 Å². The first kappa shape index (κ1) is 15.9. The van der Waals surface area contributed by atoms with Crippen LogP contribution in [-0.2, 0) is 6.42 Å². The number of rotatable bonds is 5. The van der Waals surface area contributed by atoms with Gasteiger partial charge in [0.05, 0.1) is 11.1 Å². The van der Waals surface area contributed by atoms with Crippen LogP contribution < -0.4 is 5.32 Å². The van der Waals surface area contributed by atoms with E-state index in [0.717, 1.165) is 19.3 Å². The molecule has 5 nitrogen and oxygen atoms in total. The molecule has 1 aliphatic rings. The van der Waals surface area contributed by atoms with E-state index in [0.29, 0.717) is 11.4 Å². The number of unbranched alkanes of at least 4 members (excludes halogenated alkanes) is 1. The summed E-state index contributed by atoms with van der Waals surface area (Å²) in [6.45, 7) is 0.430. The van der Waals surface area contributed by atoms with Crippen LogP contribution in [0.1, 0.15) is 39.1 Å². The maximum atomic E-state index is 12.2. The standard InChI is InChI=1S/C19H18N2O3/c22-17-15-11-4-5-12-16(15)18(23)21(17)19(24)20-13-7-6-10-14-8-2-1-3-9-14/h1-5,8-9,11-12H,6-7,10,13H2,(H,20,24). The molecule has 2 aromatic carbocycles. The fourth-order valence-corrected chi connectivity index (χ4v) is 2.75. The van der Waals surface area contributed by atoms with E-state index < -0.39 is 17.8 Å². The molecule has 0 radical (unpaired) electrons. The molecule has 0 fully saturated rings. The van der Waals surface area contributed by atoms with Crippen LogP contribution in [0.5, 0.6) is 0 Å². The Hall–Kier alpha value is -2.95. The van der Waals surface area contributed by atoms with E-state index >= 15 is 0 Å². The second kappa shape index (κ2) is 7.08. The van der Waals surface area contributed by atoms with Crippen molar-refractivity contribution in [3.63, 3.8) is 0 Å². The van der Waals surface area contributed by atoms with Crippen LogP contribution in [0.15, 0.2) is 54.6 Å². The van der Waals surface area contributed by atoms with Gasteiger partial charge in [-0.1, -0.05) is 42.5 Å². The van der Waals surface area contributed by atoms with Crippen LogP contribution >= 0.6 is 0 Å². The highest BCUT2D eigenvalue weighted by Crippen LogP contribution is 2.22. The van der Waals surface area contributed by atoms with E-state index in [1.165, 1.54) is 5.56 Å². The molecule has 0 saturated carbocycles. The zero-order valence-corrected chi connectivity index (χ0v) is 13.2. The maximum absolute atomic E-state index is 12.2. The molecule has 2 aromatic rings. The molecule has 0 spiro atoms. The number of aryl methyl sites for hydroxylation is 1. The van der Waals surface area contributed by atoms with Gasteiger partial charge in [-0.15, -0.1) is 0 Å². The molecule has 122 valence electrons. The Bertz CT molecular complexity index is 736. The second-order valence-electron chi connectivity index (χ2n) is 5.67. The Morgan fingerprint density at radius 2 is 1.42 bits per heavy atom. The number of nitrogens with zero attached hydrogens (tertiary/aromatic N) is 1. The maximum Gasteiger partial charge on any atom is 0.331 e. The summed E-state index contributed by atoms with van der Waals surface area (Å²) in [6.07, 6.45) is 2.64. The zero-order chi connectivity index (χ0) is 16.9.